The third-order valence-electron chi connectivity index (χ3n) is 4.42. The van der Waals surface area contributed by atoms with Gasteiger partial charge in [0, 0.05) is 23.7 Å². The fourth-order valence-corrected chi connectivity index (χ4v) is 2.98. The Morgan fingerprint density at radius 3 is 2.74 bits per heavy atom. The fraction of sp³-hybridized carbons (Fsp3) is 0.143. The molecule has 1 aromatic carbocycles. The zero-order valence-corrected chi connectivity index (χ0v) is 14.8. The lowest BCUT2D eigenvalue weighted by Gasteiger charge is -2.05. The Morgan fingerprint density at radius 2 is 1.96 bits per heavy atom. The van der Waals surface area contributed by atoms with Crippen LogP contribution < -0.4 is 0 Å². The van der Waals surface area contributed by atoms with Crippen molar-refractivity contribution in [2.75, 3.05) is 0 Å². The minimum absolute atomic E-state index is 0.0182. The van der Waals surface area contributed by atoms with Crippen LogP contribution in [0, 0.1) is 12.7 Å². The molecule has 0 atom stereocenters. The average Bonchev–Trinajstić information content (AvgIpc) is 3.04. The number of aromatic nitrogens is 4. The summed E-state index contributed by atoms with van der Waals surface area (Å²) in [5, 5.41) is 8.01. The van der Waals surface area contributed by atoms with Crippen molar-refractivity contribution in [3.63, 3.8) is 0 Å². The van der Waals surface area contributed by atoms with Crippen LogP contribution in [0.15, 0.2) is 60.9 Å². The molecule has 0 aliphatic heterocycles. The molecule has 3 heterocycles. The van der Waals surface area contributed by atoms with Gasteiger partial charge in [-0.1, -0.05) is 18.2 Å². The van der Waals surface area contributed by atoms with Crippen LogP contribution in [-0.4, -0.2) is 25.4 Å². The lowest BCUT2D eigenvalue weighted by molar-refractivity contribution is 0.0991. The highest BCUT2D eigenvalue weighted by molar-refractivity contribution is 5.97. The van der Waals surface area contributed by atoms with E-state index in [9.17, 15) is 9.18 Å². The molecule has 0 saturated heterocycles. The first kappa shape index (κ1) is 17.0. The van der Waals surface area contributed by atoms with Crippen molar-refractivity contribution in [2.45, 2.75) is 19.8 Å². The van der Waals surface area contributed by atoms with Crippen molar-refractivity contribution in [1.29, 1.82) is 0 Å². The summed E-state index contributed by atoms with van der Waals surface area (Å²) in [6.45, 7) is 1.84. The van der Waals surface area contributed by atoms with Crippen LogP contribution in [0.25, 0.3) is 5.65 Å². The summed E-state index contributed by atoms with van der Waals surface area (Å²) in [7, 11) is 0. The number of carbonyl (C=O) groups excluding carboxylic acids is 1. The van der Waals surface area contributed by atoms with Gasteiger partial charge in [0.2, 0.25) is 0 Å². The summed E-state index contributed by atoms with van der Waals surface area (Å²) in [5.41, 5.74) is 3.86. The molecule has 3 aromatic heterocycles. The second kappa shape index (κ2) is 7.07. The number of benzene rings is 1. The van der Waals surface area contributed by atoms with Gasteiger partial charge in [-0.2, -0.15) is 0 Å². The molecule has 6 heteroatoms. The molecule has 134 valence electrons. The van der Waals surface area contributed by atoms with Crippen LogP contribution in [0.4, 0.5) is 4.39 Å². The number of hydrogen-bond acceptors (Lipinski definition) is 4. The van der Waals surface area contributed by atoms with Crippen LogP contribution in [0.1, 0.15) is 33.0 Å². The van der Waals surface area contributed by atoms with Gasteiger partial charge in [-0.15, -0.1) is 10.2 Å². The van der Waals surface area contributed by atoms with Crippen LogP contribution in [-0.2, 0) is 12.8 Å². The summed E-state index contributed by atoms with van der Waals surface area (Å²) < 4.78 is 15.1. The van der Waals surface area contributed by atoms with E-state index in [1.807, 2.05) is 25.1 Å². The van der Waals surface area contributed by atoms with E-state index in [1.165, 1.54) is 12.1 Å². The van der Waals surface area contributed by atoms with E-state index in [1.54, 1.807) is 35.0 Å². The van der Waals surface area contributed by atoms with E-state index in [0.717, 1.165) is 17.0 Å². The number of carbonyl (C=O) groups is 1. The molecular formula is C21H17FN4O. The summed E-state index contributed by atoms with van der Waals surface area (Å²) in [5.74, 6) is 0.470. The minimum Gasteiger partial charge on any atom is -0.294 e. The molecule has 0 unspecified atom stereocenters. The van der Waals surface area contributed by atoms with Gasteiger partial charge in [0.1, 0.15) is 11.6 Å². The molecule has 0 spiro atoms. The van der Waals surface area contributed by atoms with Gasteiger partial charge >= 0.3 is 0 Å². The average molecular weight is 360 g/mol. The number of aryl methyl sites for hydroxylation is 1. The van der Waals surface area contributed by atoms with Gasteiger partial charge in [0.15, 0.2) is 11.4 Å². The third kappa shape index (κ3) is 3.74. The molecule has 0 N–H and O–H groups in total. The topological polar surface area (TPSA) is 60.2 Å². The first-order chi connectivity index (χ1) is 13.1. The number of rotatable bonds is 5. The fourth-order valence-electron chi connectivity index (χ4n) is 2.98. The van der Waals surface area contributed by atoms with Crippen LogP contribution in [0.5, 0.6) is 0 Å². The van der Waals surface area contributed by atoms with E-state index < -0.39 is 0 Å². The molecule has 0 radical (unpaired) electrons. The highest BCUT2D eigenvalue weighted by Gasteiger charge is 2.11. The molecule has 0 bridgehead atoms. The number of pyridine rings is 2. The van der Waals surface area contributed by atoms with Crippen LogP contribution >= 0.6 is 0 Å². The van der Waals surface area contributed by atoms with Gasteiger partial charge in [0.05, 0.1) is 6.42 Å². The lowest BCUT2D eigenvalue weighted by atomic mass is 10.0. The van der Waals surface area contributed by atoms with Crippen molar-refractivity contribution in [3.05, 3.63) is 95.0 Å². The Kier molecular flexibility index (Phi) is 4.46. The smallest absolute Gasteiger partial charge is 0.170 e. The SMILES string of the molecule is Cc1nnc2ccc(C(=O)Cc3ccc(Cc4cccc(F)c4)cn3)cn12. The minimum atomic E-state index is -0.247. The van der Waals surface area contributed by atoms with E-state index in [0.29, 0.717) is 23.3 Å². The molecule has 0 aliphatic carbocycles. The van der Waals surface area contributed by atoms with Crippen LogP contribution in [0.2, 0.25) is 0 Å². The normalized spacial score (nSPS) is 11.0. The van der Waals surface area contributed by atoms with Crippen LogP contribution in [0.3, 0.4) is 0 Å². The van der Waals surface area contributed by atoms with Crippen molar-refractivity contribution in [3.8, 4) is 0 Å². The second-order valence-corrected chi connectivity index (χ2v) is 6.46. The molecule has 4 aromatic rings. The number of fused-ring (bicyclic) bond motifs is 1. The molecule has 27 heavy (non-hydrogen) atoms. The number of ketones is 1. The van der Waals surface area contributed by atoms with Gasteiger partial charge in [-0.05, 0) is 54.8 Å². The highest BCUT2D eigenvalue weighted by atomic mass is 19.1. The first-order valence-corrected chi connectivity index (χ1v) is 8.61. The summed E-state index contributed by atoms with van der Waals surface area (Å²) in [6.07, 6.45) is 4.31. The van der Waals surface area contributed by atoms with Crippen molar-refractivity contribution in [1.82, 2.24) is 19.6 Å². The number of nitrogens with zero attached hydrogens (tertiary/aromatic N) is 4. The molecule has 4 rings (SSSR count). The Labute approximate surface area is 155 Å². The molecule has 0 saturated carbocycles. The lowest BCUT2D eigenvalue weighted by Crippen LogP contribution is -2.07. The first-order valence-electron chi connectivity index (χ1n) is 8.61. The number of hydrogen-bond donors (Lipinski definition) is 0. The van der Waals surface area contributed by atoms with Gasteiger partial charge < -0.3 is 0 Å². The van der Waals surface area contributed by atoms with Gasteiger partial charge in [-0.25, -0.2) is 4.39 Å². The van der Waals surface area contributed by atoms with E-state index in [4.69, 9.17) is 0 Å². The predicted octanol–water partition coefficient (Wildman–Crippen LogP) is 3.59. The predicted molar refractivity (Wildman–Crippen MR) is 99.2 cm³/mol. The van der Waals surface area contributed by atoms with Crippen molar-refractivity contribution in [2.24, 2.45) is 0 Å². The Hall–Kier alpha value is -3.41. The molecular weight excluding hydrogens is 343 g/mol. The highest BCUT2D eigenvalue weighted by Crippen LogP contribution is 2.13. The number of Topliss-reactive ketones (excluding diaryl/α,β-unsaturated/α-hetero) is 1. The van der Waals surface area contributed by atoms with Crippen molar-refractivity contribution < 1.29 is 9.18 Å². The Balaban J connectivity index is 1.47. The summed E-state index contributed by atoms with van der Waals surface area (Å²) >= 11 is 0. The maximum Gasteiger partial charge on any atom is 0.170 e. The quantitative estimate of drug-likeness (QED) is 0.510. The van der Waals surface area contributed by atoms with Crippen molar-refractivity contribution >= 4 is 11.4 Å². The molecule has 0 aliphatic rings. The molecule has 0 amide bonds. The molecule has 5 nitrogen and oxygen atoms in total. The van der Waals surface area contributed by atoms with Gasteiger partial charge in [0.25, 0.3) is 0 Å². The second-order valence-electron chi connectivity index (χ2n) is 6.46. The monoisotopic (exact) mass is 360 g/mol. The maximum atomic E-state index is 13.3. The summed E-state index contributed by atoms with van der Waals surface area (Å²) in [4.78, 5) is 17.0. The Bertz CT molecular complexity index is 1120. The maximum absolute atomic E-state index is 13.3. The van der Waals surface area contributed by atoms with Gasteiger partial charge in [-0.3, -0.25) is 14.2 Å². The Morgan fingerprint density at radius 1 is 1.07 bits per heavy atom. The van der Waals surface area contributed by atoms with E-state index in [-0.39, 0.29) is 18.0 Å². The van der Waals surface area contributed by atoms with E-state index >= 15 is 0 Å². The zero-order valence-electron chi connectivity index (χ0n) is 14.8. The van der Waals surface area contributed by atoms with E-state index in [2.05, 4.69) is 15.2 Å². The third-order valence-corrected chi connectivity index (χ3v) is 4.42. The zero-order chi connectivity index (χ0) is 18.8. The largest absolute Gasteiger partial charge is 0.294 e. The number of halogens is 1. The standard InChI is InChI=1S/C21H17FN4O/c1-14-24-25-21-8-6-17(13-26(14)21)20(27)11-19-7-5-16(12-23-19)9-15-3-2-4-18(22)10-15/h2-8,10,12-13H,9,11H2,1H3. The molecule has 0 fully saturated rings. The summed E-state index contributed by atoms with van der Waals surface area (Å²) in [6, 6.07) is 13.8.